The van der Waals surface area contributed by atoms with Crippen molar-refractivity contribution in [2.75, 3.05) is 6.61 Å². The molecule has 158 valence electrons. The van der Waals surface area contributed by atoms with E-state index < -0.39 is 5.97 Å². The molecule has 0 aromatic heterocycles. The summed E-state index contributed by atoms with van der Waals surface area (Å²) >= 11 is 5.31. The van der Waals surface area contributed by atoms with Gasteiger partial charge in [-0.25, -0.2) is 4.79 Å². The minimum absolute atomic E-state index is 0.366. The summed E-state index contributed by atoms with van der Waals surface area (Å²) in [5.74, 6) is 0.415. The van der Waals surface area contributed by atoms with Gasteiger partial charge in [0.1, 0.15) is 0 Å². The third-order valence-electron chi connectivity index (χ3n) is 4.80. The molecular weight excluding hydrogens is 398 g/mol. The molecule has 2 aromatic carbocycles. The van der Waals surface area contributed by atoms with Gasteiger partial charge in [0.2, 0.25) is 0 Å². The second-order valence-electron chi connectivity index (χ2n) is 7.07. The molecule has 2 N–H and O–H groups in total. The predicted octanol–water partition coefficient (Wildman–Crippen LogP) is 4.44. The Morgan fingerprint density at radius 2 is 1.90 bits per heavy atom. The van der Waals surface area contributed by atoms with E-state index in [2.05, 4.69) is 15.8 Å². The highest BCUT2D eigenvalue weighted by Gasteiger charge is 2.14. The number of hydrogen-bond acceptors (Lipinski definition) is 5. The summed E-state index contributed by atoms with van der Waals surface area (Å²) < 4.78 is 11.2. The van der Waals surface area contributed by atoms with Gasteiger partial charge in [-0.1, -0.05) is 37.5 Å². The van der Waals surface area contributed by atoms with Crippen LogP contribution in [-0.2, 0) is 0 Å². The first kappa shape index (κ1) is 21.8. The van der Waals surface area contributed by atoms with Gasteiger partial charge in [0, 0.05) is 6.04 Å². The Kier molecular flexibility index (Phi) is 8.20. The summed E-state index contributed by atoms with van der Waals surface area (Å²) in [5, 5.41) is 8.04. The topological polar surface area (TPSA) is 71.9 Å². The van der Waals surface area contributed by atoms with Gasteiger partial charge in [0.15, 0.2) is 16.6 Å². The first-order chi connectivity index (χ1) is 14.7. The smallest absolute Gasteiger partial charge is 0.343 e. The number of esters is 1. The van der Waals surface area contributed by atoms with E-state index in [1.54, 1.807) is 48.7 Å². The highest BCUT2D eigenvalue weighted by molar-refractivity contribution is 7.80. The average Bonchev–Trinajstić information content (AvgIpc) is 2.77. The Morgan fingerprint density at radius 3 is 2.63 bits per heavy atom. The second-order valence-corrected chi connectivity index (χ2v) is 7.48. The van der Waals surface area contributed by atoms with Crippen molar-refractivity contribution in [3.8, 4) is 11.5 Å². The van der Waals surface area contributed by atoms with Crippen LogP contribution < -0.4 is 20.2 Å². The largest absolute Gasteiger partial charge is 0.490 e. The molecular formula is C23H27N3O3S. The van der Waals surface area contributed by atoms with Gasteiger partial charge in [-0.2, -0.15) is 5.10 Å². The Labute approximate surface area is 182 Å². The number of hydrogen-bond donors (Lipinski definition) is 2. The van der Waals surface area contributed by atoms with Crippen LogP contribution in [0, 0.1) is 0 Å². The Bertz CT molecular complexity index is 881. The molecule has 0 radical (unpaired) electrons. The van der Waals surface area contributed by atoms with E-state index in [9.17, 15) is 4.79 Å². The fourth-order valence-electron chi connectivity index (χ4n) is 3.32. The maximum absolute atomic E-state index is 12.3. The molecule has 2 aromatic rings. The van der Waals surface area contributed by atoms with Gasteiger partial charge in [0.05, 0.1) is 18.4 Å². The standard InChI is InChI=1S/C23H27N3O3S/c1-2-28-21-15-17(16-24-26-23(30)25-19-11-7-4-8-12-19)13-14-20(21)29-22(27)18-9-5-3-6-10-18/h3,5-6,9-10,13-16,19H,2,4,7-8,11-12H2,1H3,(H2,25,26,30)/b24-16+. The van der Waals surface area contributed by atoms with Crippen molar-refractivity contribution in [1.82, 2.24) is 10.7 Å². The summed E-state index contributed by atoms with van der Waals surface area (Å²) in [6.45, 7) is 2.32. The second kappa shape index (κ2) is 11.3. The van der Waals surface area contributed by atoms with Gasteiger partial charge in [0.25, 0.3) is 0 Å². The zero-order chi connectivity index (χ0) is 21.2. The van der Waals surface area contributed by atoms with Crippen LogP contribution in [0.4, 0.5) is 0 Å². The lowest BCUT2D eigenvalue weighted by Crippen LogP contribution is -2.40. The van der Waals surface area contributed by atoms with Gasteiger partial charge in [-0.15, -0.1) is 0 Å². The maximum Gasteiger partial charge on any atom is 0.343 e. The Morgan fingerprint density at radius 1 is 1.13 bits per heavy atom. The lowest BCUT2D eigenvalue weighted by Gasteiger charge is -2.23. The van der Waals surface area contributed by atoms with E-state index in [0.717, 1.165) is 18.4 Å². The number of hydrazone groups is 1. The van der Waals surface area contributed by atoms with Crippen LogP contribution in [0.1, 0.15) is 54.9 Å². The van der Waals surface area contributed by atoms with Crippen molar-refractivity contribution in [3.05, 3.63) is 59.7 Å². The number of thiocarbonyl (C=S) groups is 1. The van der Waals surface area contributed by atoms with Crippen LogP contribution in [0.25, 0.3) is 0 Å². The SMILES string of the molecule is CCOc1cc(/C=N/NC(=S)NC2CCCCC2)ccc1OC(=O)c1ccccc1. The minimum atomic E-state index is -0.432. The van der Waals surface area contributed by atoms with Crippen molar-refractivity contribution in [1.29, 1.82) is 0 Å². The molecule has 0 saturated heterocycles. The molecule has 1 aliphatic carbocycles. The minimum Gasteiger partial charge on any atom is -0.490 e. The third kappa shape index (κ3) is 6.56. The zero-order valence-electron chi connectivity index (χ0n) is 17.1. The summed E-state index contributed by atoms with van der Waals surface area (Å²) in [4.78, 5) is 12.3. The third-order valence-corrected chi connectivity index (χ3v) is 5.01. The van der Waals surface area contributed by atoms with Crippen molar-refractivity contribution in [3.63, 3.8) is 0 Å². The Hall–Kier alpha value is -2.93. The average molecular weight is 426 g/mol. The van der Waals surface area contributed by atoms with Gasteiger partial charge < -0.3 is 14.8 Å². The highest BCUT2D eigenvalue weighted by atomic mass is 32.1. The molecule has 0 amide bonds. The number of rotatable bonds is 7. The monoisotopic (exact) mass is 425 g/mol. The summed E-state index contributed by atoms with van der Waals surface area (Å²) in [6, 6.07) is 14.6. The zero-order valence-corrected chi connectivity index (χ0v) is 17.9. The molecule has 0 atom stereocenters. The molecule has 0 unspecified atom stereocenters. The molecule has 0 heterocycles. The number of ether oxygens (including phenoxy) is 2. The molecule has 30 heavy (non-hydrogen) atoms. The van der Waals surface area contributed by atoms with Crippen molar-refractivity contribution in [2.45, 2.75) is 45.1 Å². The summed E-state index contributed by atoms with van der Waals surface area (Å²) in [5.41, 5.74) is 4.14. The van der Waals surface area contributed by atoms with Crippen molar-refractivity contribution in [2.24, 2.45) is 5.10 Å². The van der Waals surface area contributed by atoms with Gasteiger partial charge in [-0.05, 0) is 67.9 Å². The lowest BCUT2D eigenvalue weighted by atomic mass is 9.96. The van der Waals surface area contributed by atoms with Gasteiger partial charge >= 0.3 is 5.97 Å². The Balaban J connectivity index is 1.60. The first-order valence-electron chi connectivity index (χ1n) is 10.3. The highest BCUT2D eigenvalue weighted by Crippen LogP contribution is 2.29. The van der Waals surface area contributed by atoms with Crippen LogP contribution in [0.5, 0.6) is 11.5 Å². The van der Waals surface area contributed by atoms with E-state index in [1.807, 2.05) is 13.0 Å². The number of nitrogens with one attached hydrogen (secondary N) is 2. The maximum atomic E-state index is 12.3. The van der Waals surface area contributed by atoms with Crippen LogP contribution in [0.2, 0.25) is 0 Å². The van der Waals surface area contributed by atoms with E-state index >= 15 is 0 Å². The van der Waals surface area contributed by atoms with E-state index in [1.165, 1.54) is 19.3 Å². The number of carbonyl (C=O) groups excluding carboxylic acids is 1. The van der Waals surface area contributed by atoms with E-state index in [4.69, 9.17) is 21.7 Å². The predicted molar refractivity (Wildman–Crippen MR) is 122 cm³/mol. The number of nitrogens with zero attached hydrogens (tertiary/aromatic N) is 1. The molecule has 3 rings (SSSR count). The molecule has 0 bridgehead atoms. The van der Waals surface area contributed by atoms with Gasteiger partial charge in [-0.3, -0.25) is 5.43 Å². The molecule has 6 nitrogen and oxygen atoms in total. The number of carbonyl (C=O) groups is 1. The lowest BCUT2D eigenvalue weighted by molar-refractivity contribution is 0.0728. The molecule has 1 fully saturated rings. The first-order valence-corrected chi connectivity index (χ1v) is 10.7. The summed E-state index contributed by atoms with van der Waals surface area (Å²) in [7, 11) is 0. The van der Waals surface area contributed by atoms with Crippen LogP contribution in [-0.4, -0.2) is 29.9 Å². The quantitative estimate of drug-likeness (QED) is 0.225. The van der Waals surface area contributed by atoms with Crippen molar-refractivity contribution < 1.29 is 14.3 Å². The van der Waals surface area contributed by atoms with E-state index in [-0.39, 0.29) is 0 Å². The molecule has 1 saturated carbocycles. The van der Waals surface area contributed by atoms with Crippen LogP contribution in [0.15, 0.2) is 53.6 Å². The molecule has 0 aliphatic heterocycles. The molecule has 7 heteroatoms. The van der Waals surface area contributed by atoms with E-state index in [0.29, 0.717) is 34.8 Å². The molecule has 0 spiro atoms. The normalized spacial score (nSPS) is 14.3. The molecule has 1 aliphatic rings. The number of benzene rings is 2. The van der Waals surface area contributed by atoms with Crippen molar-refractivity contribution >= 4 is 29.5 Å². The van der Waals surface area contributed by atoms with Crippen LogP contribution >= 0.6 is 12.2 Å². The fraction of sp³-hybridized carbons (Fsp3) is 0.348. The summed E-state index contributed by atoms with van der Waals surface area (Å²) in [6.07, 6.45) is 7.73. The fourth-order valence-corrected chi connectivity index (χ4v) is 3.54. The van der Waals surface area contributed by atoms with Crippen LogP contribution in [0.3, 0.4) is 0 Å².